The first-order valence-electron chi connectivity index (χ1n) is 9.75. The zero-order chi connectivity index (χ0) is 22.0. The third-order valence-corrected chi connectivity index (χ3v) is 4.83. The molecule has 2 N–H and O–H groups in total. The smallest absolute Gasteiger partial charge is 0.268 e. The normalized spacial score (nSPS) is 10.8. The van der Waals surface area contributed by atoms with Gasteiger partial charge in [-0.25, -0.2) is 4.98 Å². The van der Waals surface area contributed by atoms with Crippen LogP contribution in [0.2, 0.25) is 0 Å². The lowest BCUT2D eigenvalue weighted by Crippen LogP contribution is -2.21. The van der Waals surface area contributed by atoms with Crippen LogP contribution >= 0.6 is 0 Å². The maximum absolute atomic E-state index is 12.1. The van der Waals surface area contributed by atoms with E-state index in [0.717, 1.165) is 16.7 Å². The monoisotopic (exact) mass is 414 g/mol. The van der Waals surface area contributed by atoms with Crippen LogP contribution in [0.1, 0.15) is 21.6 Å². The molecule has 0 radical (unpaired) electrons. The van der Waals surface area contributed by atoms with Gasteiger partial charge in [0.15, 0.2) is 0 Å². The summed E-state index contributed by atoms with van der Waals surface area (Å²) in [6, 6.07) is 14.9. The second kappa shape index (κ2) is 8.45. The Morgan fingerprint density at radius 1 is 1.03 bits per heavy atom. The van der Waals surface area contributed by atoms with E-state index in [4.69, 9.17) is 10.2 Å². The molecule has 0 unspecified atom stereocenters. The molecule has 156 valence electrons. The third-order valence-electron chi connectivity index (χ3n) is 4.83. The van der Waals surface area contributed by atoms with Crippen molar-refractivity contribution < 1.29 is 9.21 Å². The maximum Gasteiger partial charge on any atom is 0.268 e. The van der Waals surface area contributed by atoms with E-state index in [1.54, 1.807) is 32.4 Å². The number of aryl methyl sites for hydroxylation is 1. The van der Waals surface area contributed by atoms with E-state index >= 15 is 0 Å². The molecule has 0 aliphatic rings. The number of nitrogens with two attached hydrogens (primary N) is 1. The summed E-state index contributed by atoms with van der Waals surface area (Å²) >= 11 is 0. The highest BCUT2D eigenvalue weighted by Gasteiger charge is 2.17. The topological polar surface area (TPSA) is 111 Å². The highest BCUT2D eigenvalue weighted by molar-refractivity contribution is 5.94. The number of aromatic nitrogens is 4. The van der Waals surface area contributed by atoms with Crippen molar-refractivity contribution in [3.8, 4) is 34.3 Å². The Labute approximate surface area is 179 Å². The van der Waals surface area contributed by atoms with E-state index in [-0.39, 0.29) is 5.91 Å². The average Bonchev–Trinajstić information content (AvgIpc) is 3.29. The van der Waals surface area contributed by atoms with Gasteiger partial charge in [0.1, 0.15) is 5.69 Å². The van der Waals surface area contributed by atoms with Crippen molar-refractivity contribution in [3.63, 3.8) is 0 Å². The number of hydrogen-bond donors (Lipinski definition) is 1. The molecule has 0 aliphatic heterocycles. The Balaban J connectivity index is 1.66. The van der Waals surface area contributed by atoms with Gasteiger partial charge in [0.2, 0.25) is 5.89 Å². The number of nitrogens with zero attached hydrogens (tertiary/aromatic N) is 5. The summed E-state index contributed by atoms with van der Waals surface area (Å²) in [7, 11) is 3.44. The molecule has 31 heavy (non-hydrogen) atoms. The number of hydrogen-bond acceptors (Lipinski definition) is 7. The zero-order valence-electron chi connectivity index (χ0n) is 17.5. The van der Waals surface area contributed by atoms with Crippen LogP contribution in [0.5, 0.6) is 0 Å². The molecule has 2 aromatic heterocycles. The first-order valence-corrected chi connectivity index (χ1v) is 9.75. The van der Waals surface area contributed by atoms with Crippen molar-refractivity contribution in [2.45, 2.75) is 13.5 Å². The van der Waals surface area contributed by atoms with E-state index in [1.807, 2.05) is 43.3 Å². The van der Waals surface area contributed by atoms with Crippen molar-refractivity contribution in [2.24, 2.45) is 5.73 Å². The van der Waals surface area contributed by atoms with Crippen molar-refractivity contribution in [2.75, 3.05) is 14.1 Å². The van der Waals surface area contributed by atoms with E-state index in [1.165, 1.54) is 4.90 Å². The molecule has 0 bridgehead atoms. The summed E-state index contributed by atoms with van der Waals surface area (Å²) in [6.45, 7) is 2.27. The van der Waals surface area contributed by atoms with Gasteiger partial charge in [0, 0.05) is 37.3 Å². The number of carbonyl (C=O) groups is 1. The van der Waals surface area contributed by atoms with Gasteiger partial charge in [-0.3, -0.25) is 9.78 Å². The number of amides is 1. The molecule has 0 saturated heterocycles. The molecule has 2 heterocycles. The molecule has 1 amide bonds. The molecule has 4 aromatic rings. The standard InChI is InChI=1S/C23H22N6O2/c1-14-20(22-28-27-21(31-22)18-6-4-5-15(11-18)12-24)26-19(13-25-14)16-7-9-17(10-8-16)23(30)29(2)3/h4-11,13H,12,24H2,1-3H3. The largest absolute Gasteiger partial charge is 0.415 e. The Morgan fingerprint density at radius 2 is 1.77 bits per heavy atom. The average molecular weight is 414 g/mol. The van der Waals surface area contributed by atoms with E-state index in [2.05, 4.69) is 20.2 Å². The molecule has 0 fully saturated rings. The molecule has 0 saturated carbocycles. The van der Waals surface area contributed by atoms with Gasteiger partial charge in [-0.2, -0.15) is 0 Å². The predicted molar refractivity (Wildman–Crippen MR) is 117 cm³/mol. The van der Waals surface area contributed by atoms with Gasteiger partial charge >= 0.3 is 0 Å². The molecule has 2 aromatic carbocycles. The third kappa shape index (κ3) is 4.19. The lowest BCUT2D eigenvalue weighted by Gasteiger charge is -2.10. The minimum atomic E-state index is -0.0562. The van der Waals surface area contributed by atoms with Gasteiger partial charge in [0.25, 0.3) is 11.8 Å². The quantitative estimate of drug-likeness (QED) is 0.533. The molecular weight excluding hydrogens is 392 g/mol. The summed E-state index contributed by atoms with van der Waals surface area (Å²) < 4.78 is 5.89. The molecule has 4 rings (SSSR count). The van der Waals surface area contributed by atoms with Gasteiger partial charge in [0.05, 0.1) is 17.6 Å². The lowest BCUT2D eigenvalue weighted by atomic mass is 10.1. The predicted octanol–water partition coefficient (Wildman–Crippen LogP) is 3.33. The second-order valence-corrected chi connectivity index (χ2v) is 7.28. The van der Waals surface area contributed by atoms with Gasteiger partial charge in [-0.05, 0) is 36.8 Å². The minimum Gasteiger partial charge on any atom is -0.415 e. The molecule has 8 nitrogen and oxygen atoms in total. The molecule has 8 heteroatoms. The SMILES string of the molecule is Cc1ncc(-c2ccc(C(=O)N(C)C)cc2)nc1-c1nnc(-c2cccc(CN)c2)o1. The van der Waals surface area contributed by atoms with Crippen LogP contribution in [-0.4, -0.2) is 45.1 Å². The minimum absolute atomic E-state index is 0.0562. The van der Waals surface area contributed by atoms with Crippen molar-refractivity contribution in [1.82, 2.24) is 25.1 Å². The number of rotatable bonds is 5. The van der Waals surface area contributed by atoms with Crippen LogP contribution in [0.25, 0.3) is 34.3 Å². The van der Waals surface area contributed by atoms with E-state index < -0.39 is 0 Å². The van der Waals surface area contributed by atoms with Crippen molar-refractivity contribution >= 4 is 5.91 Å². The maximum atomic E-state index is 12.1. The van der Waals surface area contributed by atoms with E-state index in [9.17, 15) is 4.79 Å². The first kappa shape index (κ1) is 20.4. The highest BCUT2D eigenvalue weighted by Crippen LogP contribution is 2.27. The van der Waals surface area contributed by atoms with Crippen LogP contribution in [0, 0.1) is 6.92 Å². The fraction of sp³-hybridized carbons (Fsp3) is 0.174. The fourth-order valence-electron chi connectivity index (χ4n) is 3.10. The molecular formula is C23H22N6O2. The summed E-state index contributed by atoms with van der Waals surface area (Å²) in [6.07, 6.45) is 1.68. The summed E-state index contributed by atoms with van der Waals surface area (Å²) in [5.74, 6) is 0.627. The Bertz CT molecular complexity index is 1230. The van der Waals surface area contributed by atoms with Gasteiger partial charge < -0.3 is 15.1 Å². The van der Waals surface area contributed by atoms with Crippen LogP contribution in [-0.2, 0) is 6.54 Å². The summed E-state index contributed by atoms with van der Waals surface area (Å²) in [5.41, 5.74) is 10.8. The molecule has 0 atom stereocenters. The first-order chi connectivity index (χ1) is 15.0. The zero-order valence-corrected chi connectivity index (χ0v) is 17.5. The Morgan fingerprint density at radius 3 is 2.48 bits per heavy atom. The van der Waals surface area contributed by atoms with Crippen LogP contribution < -0.4 is 5.73 Å². The molecule has 0 aliphatic carbocycles. The summed E-state index contributed by atoms with van der Waals surface area (Å²) in [4.78, 5) is 22.8. The number of benzene rings is 2. The number of carbonyl (C=O) groups excluding carboxylic acids is 1. The van der Waals surface area contributed by atoms with Crippen LogP contribution in [0.4, 0.5) is 0 Å². The Kier molecular flexibility index (Phi) is 5.55. The van der Waals surface area contributed by atoms with Gasteiger partial charge in [-0.1, -0.05) is 24.3 Å². The van der Waals surface area contributed by atoms with Crippen molar-refractivity contribution in [3.05, 3.63) is 71.5 Å². The Hall–Kier alpha value is -3.91. The fourth-order valence-corrected chi connectivity index (χ4v) is 3.10. The highest BCUT2D eigenvalue weighted by atomic mass is 16.4. The van der Waals surface area contributed by atoms with Crippen molar-refractivity contribution in [1.29, 1.82) is 0 Å². The lowest BCUT2D eigenvalue weighted by molar-refractivity contribution is 0.0827. The van der Waals surface area contributed by atoms with Crippen LogP contribution in [0.3, 0.4) is 0 Å². The summed E-state index contributed by atoms with van der Waals surface area (Å²) in [5, 5.41) is 8.33. The second-order valence-electron chi connectivity index (χ2n) is 7.28. The van der Waals surface area contributed by atoms with E-state index in [0.29, 0.717) is 41.0 Å². The molecule has 0 spiro atoms. The van der Waals surface area contributed by atoms with Crippen LogP contribution in [0.15, 0.2) is 59.1 Å². The van der Waals surface area contributed by atoms with Gasteiger partial charge in [-0.15, -0.1) is 10.2 Å².